The number of rotatable bonds is 7. The summed E-state index contributed by atoms with van der Waals surface area (Å²) < 4.78 is 0. The average Bonchev–Trinajstić information content (AvgIpc) is 3.18. The van der Waals surface area contributed by atoms with Gasteiger partial charge in [-0.15, -0.1) is 0 Å². The van der Waals surface area contributed by atoms with Gasteiger partial charge in [0.25, 0.3) is 0 Å². The smallest absolute Gasteiger partial charge is 0.0409 e. The van der Waals surface area contributed by atoms with Crippen molar-refractivity contribution in [3.05, 3.63) is 34.9 Å². The molecule has 0 aliphatic heterocycles. The van der Waals surface area contributed by atoms with E-state index < -0.39 is 0 Å². The number of halogens is 1. The molecular formula is C15H23ClN2. The van der Waals surface area contributed by atoms with Crippen LogP contribution in [0.2, 0.25) is 5.02 Å². The Bertz CT molecular complexity index is 377. The highest BCUT2D eigenvalue weighted by Crippen LogP contribution is 2.26. The van der Waals surface area contributed by atoms with Crippen LogP contribution in [-0.2, 0) is 0 Å². The van der Waals surface area contributed by atoms with Crippen LogP contribution in [0.1, 0.15) is 38.3 Å². The summed E-state index contributed by atoms with van der Waals surface area (Å²) in [4.78, 5) is 2.57. The summed E-state index contributed by atoms with van der Waals surface area (Å²) >= 11 is 6.01. The summed E-state index contributed by atoms with van der Waals surface area (Å²) in [6, 6.07) is 9.32. The van der Waals surface area contributed by atoms with E-state index in [0.29, 0.717) is 6.04 Å². The minimum atomic E-state index is 0.363. The molecule has 2 rings (SSSR count). The monoisotopic (exact) mass is 266 g/mol. The van der Waals surface area contributed by atoms with Crippen LogP contribution in [0, 0.1) is 0 Å². The lowest BCUT2D eigenvalue weighted by atomic mass is 10.1. The van der Waals surface area contributed by atoms with Crippen molar-refractivity contribution in [1.29, 1.82) is 0 Å². The number of hydrogen-bond acceptors (Lipinski definition) is 2. The maximum absolute atomic E-state index is 6.01. The van der Waals surface area contributed by atoms with Crippen LogP contribution in [0.5, 0.6) is 0 Å². The number of hydrogen-bond donors (Lipinski definition) is 1. The zero-order valence-corrected chi connectivity index (χ0v) is 12.1. The van der Waals surface area contributed by atoms with Crippen molar-refractivity contribution in [2.24, 2.45) is 0 Å². The van der Waals surface area contributed by atoms with Gasteiger partial charge in [0.15, 0.2) is 0 Å². The molecule has 100 valence electrons. The van der Waals surface area contributed by atoms with Gasteiger partial charge in [0.1, 0.15) is 0 Å². The van der Waals surface area contributed by atoms with E-state index in [0.717, 1.165) is 30.7 Å². The Hall–Kier alpha value is -0.570. The first-order chi connectivity index (χ1) is 8.70. The topological polar surface area (TPSA) is 15.3 Å². The van der Waals surface area contributed by atoms with Gasteiger partial charge in [0.2, 0.25) is 0 Å². The van der Waals surface area contributed by atoms with Crippen molar-refractivity contribution in [2.75, 3.05) is 19.6 Å². The van der Waals surface area contributed by atoms with E-state index in [1.807, 2.05) is 18.2 Å². The van der Waals surface area contributed by atoms with E-state index in [4.69, 9.17) is 11.6 Å². The third kappa shape index (κ3) is 3.98. The van der Waals surface area contributed by atoms with Crippen LogP contribution in [0.15, 0.2) is 24.3 Å². The zero-order valence-electron chi connectivity index (χ0n) is 11.3. The summed E-state index contributed by atoms with van der Waals surface area (Å²) in [5.41, 5.74) is 1.26. The highest BCUT2D eigenvalue weighted by Gasteiger charge is 2.27. The van der Waals surface area contributed by atoms with Crippen molar-refractivity contribution in [1.82, 2.24) is 10.2 Å². The van der Waals surface area contributed by atoms with Crippen molar-refractivity contribution in [2.45, 2.75) is 38.8 Å². The standard InChI is InChI=1S/C15H23ClN2/c1-3-18(15-7-8-15)10-9-17-12(2)13-5-4-6-14(16)11-13/h4-6,11-12,15,17H,3,7-10H2,1-2H3. The molecule has 1 aromatic rings. The Morgan fingerprint density at radius 3 is 2.83 bits per heavy atom. The Labute approximate surface area is 115 Å². The molecule has 1 aliphatic carbocycles. The van der Waals surface area contributed by atoms with Gasteiger partial charge in [-0.05, 0) is 44.0 Å². The third-order valence-corrected chi connectivity index (χ3v) is 3.90. The first-order valence-electron chi connectivity index (χ1n) is 6.93. The summed E-state index contributed by atoms with van der Waals surface area (Å²) in [5, 5.41) is 4.39. The van der Waals surface area contributed by atoms with E-state index in [-0.39, 0.29) is 0 Å². The van der Waals surface area contributed by atoms with E-state index in [1.165, 1.54) is 18.4 Å². The molecule has 0 radical (unpaired) electrons. The van der Waals surface area contributed by atoms with Crippen molar-refractivity contribution in [3.8, 4) is 0 Å². The molecule has 1 fully saturated rings. The predicted molar refractivity (Wildman–Crippen MR) is 78.1 cm³/mol. The highest BCUT2D eigenvalue weighted by molar-refractivity contribution is 6.30. The fourth-order valence-corrected chi connectivity index (χ4v) is 2.56. The molecule has 3 heteroatoms. The normalized spacial score (nSPS) is 17.1. The Kier molecular flexibility index (Phi) is 5.04. The Balaban J connectivity index is 1.75. The van der Waals surface area contributed by atoms with E-state index in [9.17, 15) is 0 Å². The minimum absolute atomic E-state index is 0.363. The van der Waals surface area contributed by atoms with Crippen molar-refractivity contribution >= 4 is 11.6 Å². The quantitative estimate of drug-likeness (QED) is 0.813. The lowest BCUT2D eigenvalue weighted by Gasteiger charge is -2.22. The molecular weight excluding hydrogens is 244 g/mol. The Morgan fingerprint density at radius 1 is 1.44 bits per heavy atom. The molecule has 0 spiro atoms. The van der Waals surface area contributed by atoms with Gasteiger partial charge in [-0.1, -0.05) is 30.7 Å². The molecule has 1 atom stereocenters. The van der Waals surface area contributed by atoms with Gasteiger partial charge in [-0.25, -0.2) is 0 Å². The fourth-order valence-electron chi connectivity index (χ4n) is 2.36. The summed E-state index contributed by atoms with van der Waals surface area (Å²) in [7, 11) is 0. The van der Waals surface area contributed by atoms with Gasteiger partial charge in [-0.3, -0.25) is 4.90 Å². The second-order valence-electron chi connectivity index (χ2n) is 5.09. The van der Waals surface area contributed by atoms with E-state index in [2.05, 4.69) is 30.1 Å². The van der Waals surface area contributed by atoms with Gasteiger partial charge in [0, 0.05) is 30.2 Å². The maximum Gasteiger partial charge on any atom is 0.0409 e. The van der Waals surface area contributed by atoms with Crippen LogP contribution < -0.4 is 5.32 Å². The Morgan fingerprint density at radius 2 is 2.22 bits per heavy atom. The zero-order chi connectivity index (χ0) is 13.0. The van der Waals surface area contributed by atoms with Gasteiger partial charge < -0.3 is 5.32 Å². The first kappa shape index (κ1) is 13.9. The van der Waals surface area contributed by atoms with E-state index in [1.54, 1.807) is 0 Å². The van der Waals surface area contributed by atoms with Crippen molar-refractivity contribution in [3.63, 3.8) is 0 Å². The first-order valence-corrected chi connectivity index (χ1v) is 7.31. The number of benzene rings is 1. The molecule has 18 heavy (non-hydrogen) atoms. The second-order valence-corrected chi connectivity index (χ2v) is 5.53. The lowest BCUT2D eigenvalue weighted by Crippen LogP contribution is -2.34. The predicted octanol–water partition coefficient (Wildman–Crippen LogP) is 3.47. The fraction of sp³-hybridized carbons (Fsp3) is 0.600. The van der Waals surface area contributed by atoms with Gasteiger partial charge in [0.05, 0.1) is 0 Å². The molecule has 1 saturated carbocycles. The molecule has 1 N–H and O–H groups in total. The SMILES string of the molecule is CCN(CCNC(C)c1cccc(Cl)c1)C1CC1. The third-order valence-electron chi connectivity index (χ3n) is 3.67. The summed E-state index contributed by atoms with van der Waals surface area (Å²) in [6.07, 6.45) is 2.77. The summed E-state index contributed by atoms with van der Waals surface area (Å²) in [6.45, 7) is 7.79. The molecule has 0 amide bonds. The minimum Gasteiger partial charge on any atom is -0.309 e. The second kappa shape index (κ2) is 6.55. The van der Waals surface area contributed by atoms with Crippen LogP contribution in [0.25, 0.3) is 0 Å². The average molecular weight is 267 g/mol. The molecule has 1 aromatic carbocycles. The number of likely N-dealkylation sites (N-methyl/N-ethyl adjacent to an activating group) is 1. The lowest BCUT2D eigenvalue weighted by molar-refractivity contribution is 0.273. The highest BCUT2D eigenvalue weighted by atomic mass is 35.5. The molecule has 0 aromatic heterocycles. The summed E-state index contributed by atoms with van der Waals surface area (Å²) in [5.74, 6) is 0. The van der Waals surface area contributed by atoms with Crippen LogP contribution in [0.4, 0.5) is 0 Å². The molecule has 0 saturated heterocycles. The molecule has 0 heterocycles. The van der Waals surface area contributed by atoms with E-state index >= 15 is 0 Å². The maximum atomic E-state index is 6.01. The van der Waals surface area contributed by atoms with Crippen LogP contribution in [-0.4, -0.2) is 30.6 Å². The van der Waals surface area contributed by atoms with Gasteiger partial charge >= 0.3 is 0 Å². The molecule has 2 nitrogen and oxygen atoms in total. The largest absolute Gasteiger partial charge is 0.309 e. The van der Waals surface area contributed by atoms with Crippen LogP contribution >= 0.6 is 11.6 Å². The van der Waals surface area contributed by atoms with Crippen molar-refractivity contribution < 1.29 is 0 Å². The molecule has 1 unspecified atom stereocenters. The van der Waals surface area contributed by atoms with Crippen LogP contribution in [0.3, 0.4) is 0 Å². The molecule has 0 bridgehead atoms. The van der Waals surface area contributed by atoms with Gasteiger partial charge in [-0.2, -0.15) is 0 Å². The number of nitrogens with one attached hydrogen (secondary N) is 1. The molecule has 1 aliphatic rings. The number of nitrogens with zero attached hydrogens (tertiary/aromatic N) is 1.